The molecule has 0 unspecified atom stereocenters. The number of rotatable bonds is 5. The van der Waals surface area contributed by atoms with E-state index in [1.54, 1.807) is 30.3 Å². The SMILES string of the molecule is Cn1c(C(=O)Nc2cccc3cc(C(=O)Nc4ccc(Br)cc4-c4noc(=O)[nH]4)[nH]c23)cc2ccccc21. The van der Waals surface area contributed by atoms with Crippen LogP contribution in [0.25, 0.3) is 33.2 Å². The summed E-state index contributed by atoms with van der Waals surface area (Å²) >= 11 is 3.39. The number of fused-ring (bicyclic) bond motifs is 2. The molecule has 3 heterocycles. The maximum Gasteiger partial charge on any atom is 0.439 e. The first-order valence-corrected chi connectivity index (χ1v) is 12.3. The van der Waals surface area contributed by atoms with Crippen molar-refractivity contribution in [2.24, 2.45) is 7.05 Å². The van der Waals surface area contributed by atoms with E-state index >= 15 is 0 Å². The molecule has 0 spiro atoms. The third-order valence-electron chi connectivity index (χ3n) is 6.26. The third-order valence-corrected chi connectivity index (χ3v) is 6.75. The normalized spacial score (nSPS) is 11.2. The molecule has 3 aromatic carbocycles. The van der Waals surface area contributed by atoms with Crippen molar-refractivity contribution >= 4 is 60.9 Å². The van der Waals surface area contributed by atoms with E-state index in [2.05, 4.69) is 46.2 Å². The number of aromatic nitrogens is 4. The highest BCUT2D eigenvalue weighted by Gasteiger charge is 2.18. The first-order valence-electron chi connectivity index (χ1n) is 11.5. The van der Waals surface area contributed by atoms with Gasteiger partial charge in [0.25, 0.3) is 11.8 Å². The van der Waals surface area contributed by atoms with Crippen LogP contribution in [0.2, 0.25) is 0 Å². The molecule has 2 amide bonds. The number of nitrogens with zero attached hydrogens (tertiary/aromatic N) is 2. The first-order chi connectivity index (χ1) is 18.4. The van der Waals surface area contributed by atoms with Crippen LogP contribution in [0, 0.1) is 0 Å². The molecule has 0 aliphatic rings. The molecular weight excluding hydrogens is 552 g/mol. The summed E-state index contributed by atoms with van der Waals surface area (Å²) in [6.07, 6.45) is 0. The maximum atomic E-state index is 13.2. The molecule has 0 radical (unpaired) electrons. The van der Waals surface area contributed by atoms with E-state index in [1.807, 2.05) is 54.1 Å². The molecule has 0 bridgehead atoms. The Bertz CT molecular complexity index is 1930. The summed E-state index contributed by atoms with van der Waals surface area (Å²) in [5.74, 6) is -1.20. The summed E-state index contributed by atoms with van der Waals surface area (Å²) in [6, 6.07) is 21.9. The van der Waals surface area contributed by atoms with Gasteiger partial charge in [0.1, 0.15) is 11.4 Å². The number of aromatic amines is 2. The zero-order chi connectivity index (χ0) is 26.4. The van der Waals surface area contributed by atoms with Crippen LogP contribution in [0.4, 0.5) is 11.4 Å². The summed E-state index contributed by atoms with van der Waals surface area (Å²) in [5.41, 5.74) is 3.80. The van der Waals surface area contributed by atoms with Crippen LogP contribution >= 0.6 is 15.9 Å². The minimum atomic E-state index is -0.703. The minimum Gasteiger partial charge on any atom is -0.349 e. The predicted octanol–water partition coefficient (Wildman–Crippen LogP) is 5.27. The second-order valence-electron chi connectivity index (χ2n) is 8.64. The van der Waals surface area contributed by atoms with Gasteiger partial charge in [-0.3, -0.25) is 19.1 Å². The van der Waals surface area contributed by atoms with Gasteiger partial charge in [-0.15, -0.1) is 0 Å². The van der Waals surface area contributed by atoms with Crippen molar-refractivity contribution in [3.63, 3.8) is 0 Å². The Hall–Kier alpha value is -4.90. The van der Waals surface area contributed by atoms with Crippen molar-refractivity contribution in [1.82, 2.24) is 19.7 Å². The number of anilines is 2. The van der Waals surface area contributed by atoms with E-state index in [4.69, 9.17) is 0 Å². The Labute approximate surface area is 222 Å². The van der Waals surface area contributed by atoms with Gasteiger partial charge in [-0.2, -0.15) is 0 Å². The molecule has 0 saturated carbocycles. The Balaban J connectivity index is 1.29. The standard InChI is InChI=1S/C27H19BrN6O4/c1-34-21-8-3-2-5-14(21)12-22(34)26(36)31-19-7-4-6-15-11-20(29-23(15)19)25(35)30-18-10-9-16(28)13-17(18)24-32-27(37)38-33-24/h2-13,29H,1H3,(H,30,35)(H,31,36)(H,32,33,37). The molecule has 6 rings (SSSR count). The van der Waals surface area contributed by atoms with Gasteiger partial charge in [0.15, 0.2) is 5.82 Å². The van der Waals surface area contributed by atoms with E-state index in [0.717, 1.165) is 20.8 Å². The molecule has 0 fully saturated rings. The van der Waals surface area contributed by atoms with Crippen LogP contribution in [0.3, 0.4) is 0 Å². The van der Waals surface area contributed by atoms with Crippen LogP contribution in [0.5, 0.6) is 0 Å². The number of nitrogens with one attached hydrogen (secondary N) is 4. The zero-order valence-corrected chi connectivity index (χ0v) is 21.4. The van der Waals surface area contributed by atoms with Gasteiger partial charge in [0.05, 0.1) is 16.9 Å². The molecule has 4 N–H and O–H groups in total. The van der Waals surface area contributed by atoms with E-state index < -0.39 is 11.7 Å². The lowest BCUT2D eigenvalue weighted by Crippen LogP contribution is -2.16. The van der Waals surface area contributed by atoms with Crippen molar-refractivity contribution in [1.29, 1.82) is 0 Å². The number of hydrogen-bond donors (Lipinski definition) is 4. The summed E-state index contributed by atoms with van der Waals surface area (Å²) in [5, 5.41) is 11.3. The van der Waals surface area contributed by atoms with E-state index in [1.165, 1.54) is 0 Å². The van der Waals surface area contributed by atoms with Crippen LogP contribution in [-0.2, 0) is 7.05 Å². The molecule has 0 aliphatic heterocycles. The smallest absolute Gasteiger partial charge is 0.349 e. The Morgan fingerprint density at radius 3 is 2.47 bits per heavy atom. The maximum absolute atomic E-state index is 13.2. The number of hydrogen-bond acceptors (Lipinski definition) is 5. The summed E-state index contributed by atoms with van der Waals surface area (Å²) < 4.78 is 7.18. The number of amides is 2. The first kappa shape index (κ1) is 23.5. The highest BCUT2D eigenvalue weighted by Crippen LogP contribution is 2.30. The lowest BCUT2D eigenvalue weighted by Gasteiger charge is -2.09. The van der Waals surface area contributed by atoms with Gasteiger partial charge >= 0.3 is 5.76 Å². The molecule has 38 heavy (non-hydrogen) atoms. The van der Waals surface area contributed by atoms with Crippen LogP contribution in [0.15, 0.2) is 86.6 Å². The van der Waals surface area contributed by atoms with Crippen molar-refractivity contribution in [2.75, 3.05) is 10.6 Å². The number of carbonyl (C=O) groups excluding carboxylic acids is 2. The van der Waals surface area contributed by atoms with E-state index in [0.29, 0.717) is 28.1 Å². The van der Waals surface area contributed by atoms with Crippen LogP contribution < -0.4 is 16.4 Å². The Morgan fingerprint density at radius 2 is 1.68 bits per heavy atom. The predicted molar refractivity (Wildman–Crippen MR) is 147 cm³/mol. The van der Waals surface area contributed by atoms with Gasteiger partial charge in [-0.1, -0.05) is 51.4 Å². The Kier molecular flexibility index (Phi) is 5.69. The quantitative estimate of drug-likeness (QED) is 0.223. The summed E-state index contributed by atoms with van der Waals surface area (Å²) in [6.45, 7) is 0. The fourth-order valence-electron chi connectivity index (χ4n) is 4.43. The molecule has 0 saturated heterocycles. The molecule has 11 heteroatoms. The average molecular weight is 571 g/mol. The highest BCUT2D eigenvalue weighted by atomic mass is 79.9. The number of carbonyl (C=O) groups is 2. The number of H-pyrrole nitrogens is 2. The topological polar surface area (TPSA) is 138 Å². The fraction of sp³-hybridized carbons (Fsp3) is 0.0370. The fourth-order valence-corrected chi connectivity index (χ4v) is 4.79. The second-order valence-corrected chi connectivity index (χ2v) is 9.56. The Morgan fingerprint density at radius 1 is 0.895 bits per heavy atom. The lowest BCUT2D eigenvalue weighted by atomic mass is 10.1. The van der Waals surface area contributed by atoms with Gasteiger partial charge in [0, 0.05) is 33.4 Å². The second kappa shape index (κ2) is 9.20. The van der Waals surface area contributed by atoms with Gasteiger partial charge in [-0.05, 0) is 42.5 Å². The molecule has 0 aliphatic carbocycles. The third kappa shape index (κ3) is 4.18. The monoisotopic (exact) mass is 570 g/mol. The summed E-state index contributed by atoms with van der Waals surface area (Å²) in [4.78, 5) is 43.4. The average Bonchev–Trinajstić information content (AvgIpc) is 3.63. The molecule has 188 valence electrons. The van der Waals surface area contributed by atoms with Crippen molar-refractivity contribution < 1.29 is 14.1 Å². The molecule has 6 aromatic rings. The highest BCUT2D eigenvalue weighted by molar-refractivity contribution is 9.10. The van der Waals surface area contributed by atoms with E-state index in [-0.39, 0.29) is 17.4 Å². The molecule has 0 atom stereocenters. The van der Waals surface area contributed by atoms with Crippen LogP contribution in [0.1, 0.15) is 21.0 Å². The van der Waals surface area contributed by atoms with Crippen LogP contribution in [-0.4, -0.2) is 31.5 Å². The van der Waals surface area contributed by atoms with Gasteiger partial charge < -0.3 is 20.2 Å². The number of aryl methyl sites for hydroxylation is 1. The van der Waals surface area contributed by atoms with Crippen molar-refractivity contribution in [2.45, 2.75) is 0 Å². The van der Waals surface area contributed by atoms with Crippen molar-refractivity contribution in [3.8, 4) is 11.4 Å². The number of halogens is 1. The zero-order valence-electron chi connectivity index (χ0n) is 19.8. The molecule has 10 nitrogen and oxygen atoms in total. The molecule has 3 aromatic heterocycles. The van der Waals surface area contributed by atoms with Gasteiger partial charge in [0.2, 0.25) is 0 Å². The molecular formula is C27H19BrN6O4. The van der Waals surface area contributed by atoms with E-state index in [9.17, 15) is 14.4 Å². The van der Waals surface area contributed by atoms with Crippen molar-refractivity contribution in [3.05, 3.63) is 99.2 Å². The lowest BCUT2D eigenvalue weighted by molar-refractivity contribution is 0.101. The minimum absolute atomic E-state index is 0.182. The number of para-hydroxylation sites is 2. The largest absolute Gasteiger partial charge is 0.439 e. The van der Waals surface area contributed by atoms with Gasteiger partial charge in [-0.25, -0.2) is 4.79 Å². The number of benzene rings is 3. The summed E-state index contributed by atoms with van der Waals surface area (Å²) in [7, 11) is 1.85.